The van der Waals surface area contributed by atoms with E-state index in [1.54, 1.807) is 14.0 Å². The Labute approximate surface area is 186 Å². The fourth-order valence-corrected chi connectivity index (χ4v) is 3.83. The molecule has 1 unspecified atom stereocenters. The molecule has 0 aliphatic carbocycles. The monoisotopic (exact) mass is 434 g/mol. The minimum atomic E-state index is -0.602. The summed E-state index contributed by atoms with van der Waals surface area (Å²) in [6.45, 7) is 2.93. The Balaban J connectivity index is 1.53. The molecule has 2 N–H and O–H groups in total. The van der Waals surface area contributed by atoms with Crippen LogP contribution in [0.1, 0.15) is 30.5 Å². The zero-order chi connectivity index (χ0) is 22.5. The van der Waals surface area contributed by atoms with Crippen molar-refractivity contribution in [3.05, 3.63) is 77.0 Å². The lowest BCUT2D eigenvalue weighted by molar-refractivity contribution is -0.140. The van der Waals surface area contributed by atoms with Crippen molar-refractivity contribution in [2.45, 2.75) is 19.4 Å². The van der Waals surface area contributed by atoms with E-state index in [0.29, 0.717) is 17.9 Å². The Hall–Kier alpha value is -3.65. The lowest BCUT2D eigenvalue weighted by Gasteiger charge is -2.28. The van der Waals surface area contributed by atoms with Crippen LogP contribution in [0.5, 0.6) is 0 Å². The molecule has 2 heterocycles. The quantitative estimate of drug-likeness (QED) is 0.516. The second-order valence-electron chi connectivity index (χ2n) is 7.58. The number of benzene rings is 2. The molecule has 0 spiro atoms. The number of rotatable bonds is 7. The molecule has 2 aliphatic heterocycles. The van der Waals surface area contributed by atoms with Gasteiger partial charge in [-0.3, -0.25) is 5.01 Å². The fraction of sp³-hybridized carbons (Fsp3) is 0.292. The van der Waals surface area contributed by atoms with Gasteiger partial charge in [0.2, 0.25) is 0 Å². The average molecular weight is 434 g/mol. The standard InChI is InChI=1S/C24H26N4O4/c1-16-21(23(29)32-15-14-31-2)22(26-24(30)25-16)18-8-10-19(11-9-18)28-13-12-20(27-28)17-6-4-3-5-7-17/h3-11,22H,12-15H2,1-2H3,(H2,25,26,30). The average Bonchev–Trinajstić information content (AvgIpc) is 3.30. The van der Waals surface area contributed by atoms with E-state index in [0.717, 1.165) is 35.5 Å². The zero-order valence-electron chi connectivity index (χ0n) is 18.1. The van der Waals surface area contributed by atoms with E-state index in [1.165, 1.54) is 0 Å². The van der Waals surface area contributed by atoms with Crippen LogP contribution < -0.4 is 15.6 Å². The number of hydrogen-bond acceptors (Lipinski definition) is 6. The first-order valence-electron chi connectivity index (χ1n) is 10.5. The van der Waals surface area contributed by atoms with Crippen LogP contribution in [0.25, 0.3) is 0 Å². The van der Waals surface area contributed by atoms with Gasteiger partial charge in [0.15, 0.2) is 0 Å². The molecule has 4 rings (SSSR count). The predicted octanol–water partition coefficient (Wildman–Crippen LogP) is 3.12. The summed E-state index contributed by atoms with van der Waals surface area (Å²) < 4.78 is 10.2. The Morgan fingerprint density at radius 1 is 1.12 bits per heavy atom. The van der Waals surface area contributed by atoms with Crippen LogP contribution in [0.2, 0.25) is 0 Å². The maximum Gasteiger partial charge on any atom is 0.338 e. The molecule has 32 heavy (non-hydrogen) atoms. The normalized spacial score (nSPS) is 18.2. The number of hydrogen-bond donors (Lipinski definition) is 2. The van der Waals surface area contributed by atoms with E-state index >= 15 is 0 Å². The number of carbonyl (C=O) groups is 2. The number of anilines is 1. The second-order valence-corrected chi connectivity index (χ2v) is 7.58. The summed E-state index contributed by atoms with van der Waals surface area (Å²) in [5, 5.41) is 12.2. The summed E-state index contributed by atoms with van der Waals surface area (Å²) in [5.74, 6) is -0.488. The van der Waals surface area contributed by atoms with Gasteiger partial charge in [0.05, 0.1) is 29.6 Å². The molecule has 1 atom stereocenters. The minimum absolute atomic E-state index is 0.141. The Kier molecular flexibility index (Phi) is 6.51. The molecule has 0 radical (unpaired) electrons. The van der Waals surface area contributed by atoms with Crippen molar-refractivity contribution < 1.29 is 19.1 Å². The van der Waals surface area contributed by atoms with Crippen LogP contribution in [0.3, 0.4) is 0 Å². The second kappa shape index (κ2) is 9.65. The smallest absolute Gasteiger partial charge is 0.338 e. The van der Waals surface area contributed by atoms with E-state index in [4.69, 9.17) is 14.6 Å². The van der Waals surface area contributed by atoms with Crippen molar-refractivity contribution in [2.24, 2.45) is 5.10 Å². The fourth-order valence-electron chi connectivity index (χ4n) is 3.83. The Morgan fingerprint density at radius 2 is 1.88 bits per heavy atom. The largest absolute Gasteiger partial charge is 0.460 e. The van der Waals surface area contributed by atoms with E-state index in [1.807, 2.05) is 47.5 Å². The predicted molar refractivity (Wildman–Crippen MR) is 121 cm³/mol. The molecule has 2 aliphatic rings. The topological polar surface area (TPSA) is 92.3 Å². The van der Waals surface area contributed by atoms with Gasteiger partial charge in [0.25, 0.3) is 0 Å². The highest BCUT2D eigenvalue weighted by atomic mass is 16.6. The van der Waals surface area contributed by atoms with Crippen LogP contribution in [0, 0.1) is 0 Å². The molecule has 8 nitrogen and oxygen atoms in total. The van der Waals surface area contributed by atoms with Crippen molar-refractivity contribution >= 4 is 23.4 Å². The lowest BCUT2D eigenvalue weighted by atomic mass is 9.95. The third-order valence-electron chi connectivity index (χ3n) is 5.44. The van der Waals surface area contributed by atoms with Gasteiger partial charge in [-0.25, -0.2) is 9.59 Å². The summed E-state index contributed by atoms with van der Waals surface area (Å²) in [6.07, 6.45) is 0.871. The van der Waals surface area contributed by atoms with Gasteiger partial charge in [0, 0.05) is 25.8 Å². The van der Waals surface area contributed by atoms with Gasteiger partial charge in [-0.05, 0) is 30.2 Å². The summed E-state index contributed by atoms with van der Waals surface area (Å²) in [6, 6.07) is 16.9. The van der Waals surface area contributed by atoms with Crippen molar-refractivity contribution in [3.8, 4) is 0 Å². The van der Waals surface area contributed by atoms with Crippen LogP contribution in [-0.2, 0) is 14.3 Å². The summed E-state index contributed by atoms with van der Waals surface area (Å²) >= 11 is 0. The number of amides is 2. The van der Waals surface area contributed by atoms with Crippen molar-refractivity contribution in [2.75, 3.05) is 31.9 Å². The first-order valence-corrected chi connectivity index (χ1v) is 10.5. The molecule has 0 bridgehead atoms. The number of nitrogens with zero attached hydrogens (tertiary/aromatic N) is 2. The minimum Gasteiger partial charge on any atom is -0.460 e. The van der Waals surface area contributed by atoms with Crippen molar-refractivity contribution in [3.63, 3.8) is 0 Å². The van der Waals surface area contributed by atoms with Gasteiger partial charge >= 0.3 is 12.0 Å². The van der Waals surface area contributed by atoms with Crippen LogP contribution in [-0.4, -0.2) is 44.6 Å². The van der Waals surface area contributed by atoms with Crippen molar-refractivity contribution in [1.82, 2.24) is 10.6 Å². The lowest BCUT2D eigenvalue weighted by Crippen LogP contribution is -2.45. The molecular weight excluding hydrogens is 408 g/mol. The maximum atomic E-state index is 12.7. The van der Waals surface area contributed by atoms with Crippen molar-refractivity contribution in [1.29, 1.82) is 0 Å². The van der Waals surface area contributed by atoms with Crippen LogP contribution in [0.4, 0.5) is 10.5 Å². The summed E-state index contributed by atoms with van der Waals surface area (Å²) in [4.78, 5) is 24.7. The molecule has 2 amide bonds. The number of esters is 1. The number of carbonyl (C=O) groups excluding carboxylic acids is 2. The highest BCUT2D eigenvalue weighted by Gasteiger charge is 2.32. The molecule has 0 saturated carbocycles. The van der Waals surface area contributed by atoms with Gasteiger partial charge in [0.1, 0.15) is 6.61 Å². The van der Waals surface area contributed by atoms with E-state index in [2.05, 4.69) is 22.8 Å². The van der Waals surface area contributed by atoms with E-state index < -0.39 is 12.0 Å². The Bertz CT molecular complexity index is 1050. The molecule has 0 saturated heterocycles. The molecule has 0 aromatic heterocycles. The van der Waals surface area contributed by atoms with Gasteiger partial charge in [-0.1, -0.05) is 42.5 Å². The Morgan fingerprint density at radius 3 is 2.59 bits per heavy atom. The van der Waals surface area contributed by atoms with E-state index in [9.17, 15) is 9.59 Å². The number of allylic oxidation sites excluding steroid dienone is 1. The number of ether oxygens (including phenoxy) is 2. The highest BCUT2D eigenvalue weighted by Crippen LogP contribution is 2.30. The maximum absolute atomic E-state index is 12.7. The summed E-state index contributed by atoms with van der Waals surface area (Å²) in [5.41, 5.74) is 4.76. The van der Waals surface area contributed by atoms with Gasteiger partial charge < -0.3 is 20.1 Å². The first-order chi connectivity index (χ1) is 15.6. The van der Waals surface area contributed by atoms with E-state index in [-0.39, 0.29) is 12.6 Å². The molecule has 8 heteroatoms. The SMILES string of the molecule is COCCOC(=O)C1=C(C)NC(=O)NC1c1ccc(N2CCC(c3ccccc3)=N2)cc1. The molecule has 0 fully saturated rings. The van der Waals surface area contributed by atoms with Gasteiger partial charge in [-0.15, -0.1) is 0 Å². The third kappa shape index (κ3) is 4.65. The molecule has 2 aromatic rings. The van der Waals surface area contributed by atoms with Crippen LogP contribution >= 0.6 is 0 Å². The molecule has 2 aromatic carbocycles. The number of hydrazone groups is 1. The summed E-state index contributed by atoms with van der Waals surface area (Å²) in [7, 11) is 1.54. The van der Waals surface area contributed by atoms with Gasteiger partial charge in [-0.2, -0.15) is 5.10 Å². The first kappa shape index (κ1) is 21.6. The zero-order valence-corrected chi connectivity index (χ0v) is 18.1. The van der Waals surface area contributed by atoms with Crippen LogP contribution in [0.15, 0.2) is 71.0 Å². The number of methoxy groups -OCH3 is 1. The molecular formula is C24H26N4O4. The number of urea groups is 1. The molecule has 166 valence electrons. The number of nitrogens with one attached hydrogen (secondary N) is 2. The third-order valence-corrected chi connectivity index (χ3v) is 5.44. The highest BCUT2D eigenvalue weighted by molar-refractivity contribution is 6.02.